The molecule has 0 aromatic heterocycles. The Labute approximate surface area is 128 Å². The second-order valence-corrected chi connectivity index (χ2v) is 8.01. The fraction of sp³-hybridized carbons (Fsp3) is 0.625. The maximum absolute atomic E-state index is 12.9. The molecule has 118 valence electrons. The SMILES string of the molecule is CCC1(CC)CCN(S(=O)(=O)c2cc(CN)ccc2C)C1. The van der Waals surface area contributed by atoms with Crippen LogP contribution in [0.25, 0.3) is 0 Å². The molecule has 0 unspecified atom stereocenters. The predicted octanol–water partition coefficient (Wildman–Crippen LogP) is 2.65. The first-order valence-electron chi connectivity index (χ1n) is 7.68. The number of aryl methyl sites for hydroxylation is 1. The molecule has 0 amide bonds. The van der Waals surface area contributed by atoms with Crippen molar-refractivity contribution >= 4 is 10.0 Å². The van der Waals surface area contributed by atoms with Crippen LogP contribution in [0.5, 0.6) is 0 Å². The lowest BCUT2D eigenvalue weighted by Crippen LogP contribution is -2.32. The zero-order valence-corrected chi connectivity index (χ0v) is 14.0. The standard InChI is InChI=1S/C16H26N2O2S/c1-4-16(5-2)8-9-18(12-16)21(19,20)15-10-14(11-17)7-6-13(15)3/h6-7,10H,4-5,8-9,11-12,17H2,1-3H3. The average Bonchev–Trinajstić information content (AvgIpc) is 2.93. The first kappa shape index (κ1) is 16.5. The van der Waals surface area contributed by atoms with Crippen LogP contribution in [-0.4, -0.2) is 25.8 Å². The van der Waals surface area contributed by atoms with Crippen molar-refractivity contribution in [2.24, 2.45) is 11.1 Å². The van der Waals surface area contributed by atoms with Gasteiger partial charge in [-0.2, -0.15) is 4.31 Å². The topological polar surface area (TPSA) is 63.4 Å². The van der Waals surface area contributed by atoms with E-state index in [0.717, 1.165) is 30.4 Å². The molecule has 0 radical (unpaired) electrons. The number of nitrogens with zero attached hydrogens (tertiary/aromatic N) is 1. The molecule has 1 fully saturated rings. The highest BCUT2D eigenvalue weighted by Crippen LogP contribution is 2.39. The third kappa shape index (κ3) is 3.00. The van der Waals surface area contributed by atoms with Crippen LogP contribution in [-0.2, 0) is 16.6 Å². The van der Waals surface area contributed by atoms with Gasteiger partial charge in [0.15, 0.2) is 0 Å². The number of hydrogen-bond donors (Lipinski definition) is 1. The van der Waals surface area contributed by atoms with Gasteiger partial charge in [-0.05, 0) is 48.8 Å². The third-order valence-electron chi connectivity index (χ3n) is 5.01. The molecule has 5 heteroatoms. The molecule has 2 N–H and O–H groups in total. The first-order valence-corrected chi connectivity index (χ1v) is 9.12. The zero-order valence-electron chi connectivity index (χ0n) is 13.2. The van der Waals surface area contributed by atoms with E-state index >= 15 is 0 Å². The lowest BCUT2D eigenvalue weighted by Gasteiger charge is -2.26. The molecule has 0 atom stereocenters. The van der Waals surface area contributed by atoms with Crippen LogP contribution in [0.1, 0.15) is 44.2 Å². The molecule has 1 aliphatic heterocycles. The fourth-order valence-electron chi connectivity index (χ4n) is 3.11. The van der Waals surface area contributed by atoms with Gasteiger partial charge in [0.25, 0.3) is 0 Å². The summed E-state index contributed by atoms with van der Waals surface area (Å²) in [6.45, 7) is 7.76. The summed E-state index contributed by atoms with van der Waals surface area (Å²) in [7, 11) is -3.42. The van der Waals surface area contributed by atoms with Crippen LogP contribution in [0.4, 0.5) is 0 Å². The second-order valence-electron chi connectivity index (χ2n) is 6.10. The molecule has 1 aromatic rings. The smallest absolute Gasteiger partial charge is 0.243 e. The van der Waals surface area contributed by atoms with E-state index in [9.17, 15) is 8.42 Å². The highest BCUT2D eigenvalue weighted by atomic mass is 32.2. The van der Waals surface area contributed by atoms with Gasteiger partial charge in [0.2, 0.25) is 10.0 Å². The Bertz CT molecular complexity index is 607. The Kier molecular flexibility index (Phi) is 4.76. The Morgan fingerprint density at radius 2 is 1.95 bits per heavy atom. The van der Waals surface area contributed by atoms with Crippen LogP contribution in [0.3, 0.4) is 0 Å². The summed E-state index contributed by atoms with van der Waals surface area (Å²) in [5.41, 5.74) is 7.44. The summed E-state index contributed by atoms with van der Waals surface area (Å²) in [6.07, 6.45) is 3.00. The van der Waals surface area contributed by atoms with Crippen molar-refractivity contribution in [3.63, 3.8) is 0 Å². The monoisotopic (exact) mass is 310 g/mol. The summed E-state index contributed by atoms with van der Waals surface area (Å²) in [5.74, 6) is 0. The summed E-state index contributed by atoms with van der Waals surface area (Å²) in [4.78, 5) is 0.411. The molecule has 0 bridgehead atoms. The van der Waals surface area contributed by atoms with E-state index in [0.29, 0.717) is 24.5 Å². The van der Waals surface area contributed by atoms with Gasteiger partial charge in [-0.15, -0.1) is 0 Å². The number of nitrogens with two attached hydrogens (primary N) is 1. The Morgan fingerprint density at radius 1 is 1.29 bits per heavy atom. The van der Waals surface area contributed by atoms with Gasteiger partial charge in [0, 0.05) is 19.6 Å². The van der Waals surface area contributed by atoms with E-state index in [4.69, 9.17) is 5.73 Å². The molecule has 0 aliphatic carbocycles. The molecular formula is C16H26N2O2S. The first-order chi connectivity index (χ1) is 9.88. The van der Waals surface area contributed by atoms with E-state index in [-0.39, 0.29) is 5.41 Å². The molecule has 21 heavy (non-hydrogen) atoms. The Balaban J connectivity index is 2.36. The minimum Gasteiger partial charge on any atom is -0.326 e. The minimum absolute atomic E-state index is 0.145. The van der Waals surface area contributed by atoms with Crippen LogP contribution in [0.15, 0.2) is 23.1 Å². The third-order valence-corrected chi connectivity index (χ3v) is 7.00. The molecule has 0 spiro atoms. The number of hydrogen-bond acceptors (Lipinski definition) is 3. The zero-order chi connectivity index (χ0) is 15.7. The second kappa shape index (κ2) is 6.07. The maximum atomic E-state index is 12.9. The largest absolute Gasteiger partial charge is 0.326 e. The summed E-state index contributed by atoms with van der Waals surface area (Å²) >= 11 is 0. The fourth-order valence-corrected chi connectivity index (χ4v) is 4.94. The number of rotatable bonds is 5. The van der Waals surface area contributed by atoms with Gasteiger partial charge >= 0.3 is 0 Å². The maximum Gasteiger partial charge on any atom is 0.243 e. The van der Waals surface area contributed by atoms with Gasteiger partial charge in [-0.3, -0.25) is 0 Å². The summed E-state index contributed by atoms with van der Waals surface area (Å²) < 4.78 is 27.5. The van der Waals surface area contributed by atoms with Crippen LogP contribution in [0, 0.1) is 12.3 Å². The van der Waals surface area contributed by atoms with Gasteiger partial charge in [-0.1, -0.05) is 26.0 Å². The Hall–Kier alpha value is -0.910. The van der Waals surface area contributed by atoms with E-state index in [1.165, 1.54) is 0 Å². The summed E-state index contributed by atoms with van der Waals surface area (Å²) in [6, 6.07) is 5.46. The average molecular weight is 310 g/mol. The normalized spacial score (nSPS) is 19.0. The lowest BCUT2D eigenvalue weighted by molar-refractivity contribution is 0.279. The van der Waals surface area contributed by atoms with Crippen LogP contribution >= 0.6 is 0 Å². The van der Waals surface area contributed by atoms with Crippen molar-refractivity contribution in [2.45, 2.75) is 51.5 Å². The van der Waals surface area contributed by atoms with Crippen molar-refractivity contribution in [3.05, 3.63) is 29.3 Å². The van der Waals surface area contributed by atoms with Gasteiger partial charge in [0.05, 0.1) is 4.90 Å². The van der Waals surface area contributed by atoms with Crippen molar-refractivity contribution in [3.8, 4) is 0 Å². The molecule has 0 saturated carbocycles. The van der Waals surface area contributed by atoms with Gasteiger partial charge < -0.3 is 5.73 Å². The molecule has 1 aromatic carbocycles. The molecular weight excluding hydrogens is 284 g/mol. The minimum atomic E-state index is -3.42. The number of sulfonamides is 1. The van der Waals surface area contributed by atoms with Crippen molar-refractivity contribution in [1.29, 1.82) is 0 Å². The molecule has 2 rings (SSSR count). The van der Waals surface area contributed by atoms with Gasteiger partial charge in [-0.25, -0.2) is 8.42 Å². The van der Waals surface area contributed by atoms with Crippen molar-refractivity contribution in [2.75, 3.05) is 13.1 Å². The summed E-state index contributed by atoms with van der Waals surface area (Å²) in [5, 5.41) is 0. The van der Waals surface area contributed by atoms with Gasteiger partial charge in [0.1, 0.15) is 0 Å². The highest BCUT2D eigenvalue weighted by Gasteiger charge is 2.40. The van der Waals surface area contributed by atoms with E-state index in [1.54, 1.807) is 10.4 Å². The van der Waals surface area contributed by atoms with Crippen molar-refractivity contribution < 1.29 is 8.42 Å². The quantitative estimate of drug-likeness (QED) is 0.909. The molecule has 4 nitrogen and oxygen atoms in total. The molecule has 1 saturated heterocycles. The predicted molar refractivity (Wildman–Crippen MR) is 85.5 cm³/mol. The molecule has 1 heterocycles. The van der Waals surface area contributed by atoms with Crippen LogP contribution < -0.4 is 5.73 Å². The van der Waals surface area contributed by atoms with Crippen LogP contribution in [0.2, 0.25) is 0 Å². The highest BCUT2D eigenvalue weighted by molar-refractivity contribution is 7.89. The van der Waals surface area contributed by atoms with E-state index < -0.39 is 10.0 Å². The van der Waals surface area contributed by atoms with E-state index in [2.05, 4.69) is 13.8 Å². The van der Waals surface area contributed by atoms with E-state index in [1.807, 2.05) is 19.1 Å². The molecule has 1 aliphatic rings. The van der Waals surface area contributed by atoms with Crippen molar-refractivity contribution in [1.82, 2.24) is 4.31 Å². The lowest BCUT2D eigenvalue weighted by atomic mass is 9.82. The Morgan fingerprint density at radius 3 is 2.48 bits per heavy atom. The number of benzene rings is 1.